The van der Waals surface area contributed by atoms with Gasteiger partial charge in [0, 0.05) is 35.0 Å². The molecule has 136 valence electrons. The number of methoxy groups -OCH3 is 2. The molecule has 26 heavy (non-hydrogen) atoms. The second-order valence-corrected chi connectivity index (χ2v) is 6.01. The number of nitrogens with one attached hydrogen (secondary N) is 2. The highest BCUT2D eigenvalue weighted by Crippen LogP contribution is 2.33. The summed E-state index contributed by atoms with van der Waals surface area (Å²) in [6.07, 6.45) is 1.48. The average molecular weight is 373 g/mol. The van der Waals surface area contributed by atoms with Crippen LogP contribution in [0.1, 0.15) is 5.56 Å². The molecule has 0 amide bonds. The van der Waals surface area contributed by atoms with Gasteiger partial charge >= 0.3 is 0 Å². The molecule has 1 aromatic heterocycles. The fraction of sp³-hybridized carbons (Fsp3) is 0.176. The van der Waals surface area contributed by atoms with Crippen molar-refractivity contribution in [3.05, 3.63) is 48.3 Å². The highest BCUT2D eigenvalue weighted by Gasteiger charge is 2.10. The van der Waals surface area contributed by atoms with E-state index in [1.54, 1.807) is 32.4 Å². The number of hydrogen-bond donors (Lipinski definition) is 2. The molecule has 0 aliphatic heterocycles. The monoisotopic (exact) mass is 373 g/mol. The molecule has 2 aromatic carbocycles. The van der Waals surface area contributed by atoms with E-state index in [-0.39, 0.29) is 0 Å². The van der Waals surface area contributed by atoms with Crippen LogP contribution in [0, 0.1) is 0 Å². The van der Waals surface area contributed by atoms with Crippen LogP contribution in [0.5, 0.6) is 11.5 Å². The lowest BCUT2D eigenvalue weighted by Crippen LogP contribution is -2.04. The minimum absolute atomic E-state index is 0.506. The van der Waals surface area contributed by atoms with Gasteiger partial charge in [-0.05, 0) is 23.8 Å². The van der Waals surface area contributed by atoms with Gasteiger partial charge in [-0.25, -0.2) is 9.97 Å². The number of nitrogens with zero attached hydrogens (tertiary/aromatic N) is 2. The summed E-state index contributed by atoms with van der Waals surface area (Å²) in [6, 6.07) is 10.7. The molecule has 3 rings (SSSR count). The third-order valence-electron chi connectivity index (χ3n) is 3.76. The van der Waals surface area contributed by atoms with Gasteiger partial charge in [0.05, 0.1) is 19.7 Å². The predicted octanol–water partition coefficient (Wildman–Crippen LogP) is 2.47. The van der Waals surface area contributed by atoms with Gasteiger partial charge in [0.2, 0.25) is 0 Å². The van der Waals surface area contributed by atoms with Crippen molar-refractivity contribution in [1.82, 2.24) is 9.97 Å². The van der Waals surface area contributed by atoms with Crippen LogP contribution in [0.15, 0.2) is 42.7 Å². The molecule has 1 heterocycles. The lowest BCUT2D eigenvalue weighted by Gasteiger charge is -2.12. The van der Waals surface area contributed by atoms with Crippen LogP contribution in [-0.2, 0) is 17.8 Å². The van der Waals surface area contributed by atoms with E-state index in [1.807, 2.05) is 18.2 Å². The summed E-state index contributed by atoms with van der Waals surface area (Å²) in [5.41, 5.74) is 2.21. The van der Waals surface area contributed by atoms with Gasteiger partial charge in [0.1, 0.15) is 12.1 Å². The maximum atomic E-state index is 10.6. The number of ether oxygens (including phenoxy) is 2. The van der Waals surface area contributed by atoms with Crippen molar-refractivity contribution in [1.29, 1.82) is 0 Å². The van der Waals surface area contributed by atoms with Crippen LogP contribution >= 0.6 is 0 Å². The van der Waals surface area contributed by atoms with Crippen LogP contribution in [0.2, 0.25) is 0 Å². The quantitative estimate of drug-likeness (QED) is 0.612. The Morgan fingerprint density at radius 3 is 2.42 bits per heavy atom. The van der Waals surface area contributed by atoms with E-state index in [4.69, 9.17) is 9.47 Å². The second kappa shape index (κ2) is 7.98. The maximum absolute atomic E-state index is 10.6. The normalized spacial score (nSPS) is 11.8. The SMILES string of the molecule is COc1cc2ncnc(NCc3ccc(NS(=O)[O-])cc3)c2cc1OC. The molecular formula is C17H17N4O4S-. The number of anilines is 2. The Bertz CT molecular complexity index is 934. The molecule has 0 aliphatic rings. The molecule has 0 spiro atoms. The molecule has 8 nitrogen and oxygen atoms in total. The summed E-state index contributed by atoms with van der Waals surface area (Å²) in [5.74, 6) is 1.86. The van der Waals surface area contributed by atoms with Crippen LogP contribution in [0.25, 0.3) is 10.9 Å². The average Bonchev–Trinajstić information content (AvgIpc) is 2.65. The number of rotatable bonds is 7. The first kappa shape index (κ1) is 17.9. The smallest absolute Gasteiger partial charge is 0.162 e. The van der Waals surface area contributed by atoms with Crippen LogP contribution in [0.4, 0.5) is 11.5 Å². The summed E-state index contributed by atoms with van der Waals surface area (Å²) >= 11 is -2.33. The first-order valence-corrected chi connectivity index (χ1v) is 8.73. The van der Waals surface area contributed by atoms with E-state index in [0.29, 0.717) is 29.5 Å². The molecule has 9 heteroatoms. The van der Waals surface area contributed by atoms with Crippen LogP contribution in [0.3, 0.4) is 0 Å². The highest BCUT2D eigenvalue weighted by atomic mass is 32.2. The van der Waals surface area contributed by atoms with E-state index in [0.717, 1.165) is 16.5 Å². The number of benzene rings is 2. The van der Waals surface area contributed by atoms with Crippen LogP contribution < -0.4 is 19.5 Å². The van der Waals surface area contributed by atoms with Gasteiger partial charge in [-0.1, -0.05) is 12.1 Å². The lowest BCUT2D eigenvalue weighted by atomic mass is 10.2. The Hall–Kier alpha value is -2.91. The zero-order valence-electron chi connectivity index (χ0n) is 14.2. The molecule has 2 N–H and O–H groups in total. The fourth-order valence-corrected chi connectivity index (χ4v) is 2.83. The van der Waals surface area contributed by atoms with E-state index >= 15 is 0 Å². The third-order valence-corrected chi connectivity index (χ3v) is 4.16. The largest absolute Gasteiger partial charge is 0.755 e. The maximum Gasteiger partial charge on any atom is 0.162 e. The van der Waals surface area contributed by atoms with Crippen molar-refractivity contribution in [2.45, 2.75) is 6.54 Å². The number of hydrogen-bond acceptors (Lipinski definition) is 7. The molecule has 0 saturated carbocycles. The van der Waals surface area contributed by atoms with Crippen molar-refractivity contribution in [3.8, 4) is 11.5 Å². The summed E-state index contributed by atoms with van der Waals surface area (Å²) in [6.45, 7) is 0.515. The van der Waals surface area contributed by atoms with Gasteiger partial charge in [-0.3, -0.25) is 4.21 Å². The minimum Gasteiger partial charge on any atom is -0.755 e. The second-order valence-electron chi connectivity index (χ2n) is 5.33. The predicted molar refractivity (Wildman–Crippen MR) is 99.0 cm³/mol. The molecule has 0 saturated heterocycles. The Morgan fingerprint density at radius 1 is 1.08 bits per heavy atom. The topological polar surface area (TPSA) is 108 Å². The Balaban J connectivity index is 1.81. The van der Waals surface area contributed by atoms with Gasteiger partial charge in [0.15, 0.2) is 11.5 Å². The van der Waals surface area contributed by atoms with Crippen LogP contribution in [-0.4, -0.2) is 32.9 Å². The molecule has 3 aromatic rings. The third kappa shape index (κ3) is 4.01. The number of aromatic nitrogens is 2. The molecule has 0 aliphatic carbocycles. The van der Waals surface area contributed by atoms with E-state index in [9.17, 15) is 8.76 Å². The molecule has 0 radical (unpaired) electrons. The fourth-order valence-electron chi connectivity index (χ4n) is 2.50. The molecular weight excluding hydrogens is 356 g/mol. The van der Waals surface area contributed by atoms with Gasteiger partial charge in [-0.2, -0.15) is 0 Å². The first-order valence-electron chi connectivity index (χ1n) is 7.66. The molecule has 0 bridgehead atoms. The Morgan fingerprint density at radius 2 is 1.77 bits per heavy atom. The van der Waals surface area contributed by atoms with Crippen molar-refractivity contribution >= 4 is 33.7 Å². The molecule has 0 fully saturated rings. The molecule has 1 unspecified atom stereocenters. The van der Waals surface area contributed by atoms with Crippen molar-refractivity contribution in [2.75, 3.05) is 24.3 Å². The zero-order chi connectivity index (χ0) is 18.5. The minimum atomic E-state index is -2.33. The highest BCUT2D eigenvalue weighted by molar-refractivity contribution is 7.80. The van der Waals surface area contributed by atoms with E-state index < -0.39 is 11.3 Å². The summed E-state index contributed by atoms with van der Waals surface area (Å²) in [7, 11) is 3.15. The van der Waals surface area contributed by atoms with Gasteiger partial charge < -0.3 is 24.1 Å². The Kier molecular flexibility index (Phi) is 5.49. The van der Waals surface area contributed by atoms with Crippen molar-refractivity contribution in [2.24, 2.45) is 0 Å². The van der Waals surface area contributed by atoms with E-state index in [2.05, 4.69) is 20.0 Å². The Labute approximate surface area is 153 Å². The molecule has 1 atom stereocenters. The van der Waals surface area contributed by atoms with Crippen molar-refractivity contribution < 1.29 is 18.2 Å². The zero-order valence-corrected chi connectivity index (χ0v) is 15.0. The number of fused-ring (bicyclic) bond motifs is 1. The summed E-state index contributed by atoms with van der Waals surface area (Å²) < 4.78 is 34.2. The van der Waals surface area contributed by atoms with Gasteiger partial charge in [0.25, 0.3) is 0 Å². The summed E-state index contributed by atoms with van der Waals surface area (Å²) in [5, 5.41) is 4.07. The van der Waals surface area contributed by atoms with Crippen molar-refractivity contribution in [3.63, 3.8) is 0 Å². The standard InChI is InChI=1S/C17H18N4O4S/c1-24-15-7-13-14(8-16(15)25-2)19-10-20-17(13)18-9-11-3-5-12(6-4-11)21-26(22)23/h3-8,10,21H,9H2,1-2H3,(H,22,23)(H,18,19,20)/p-1. The summed E-state index contributed by atoms with van der Waals surface area (Å²) in [4.78, 5) is 8.56. The first-order chi connectivity index (χ1) is 12.6. The van der Waals surface area contributed by atoms with E-state index in [1.165, 1.54) is 6.33 Å². The van der Waals surface area contributed by atoms with Gasteiger partial charge in [-0.15, -0.1) is 0 Å². The lowest BCUT2D eigenvalue weighted by molar-refractivity contribution is 0.356.